The minimum Gasteiger partial charge on any atom is -0.495 e. The van der Waals surface area contributed by atoms with E-state index in [9.17, 15) is 5.11 Å². The highest BCUT2D eigenvalue weighted by Crippen LogP contribution is 2.27. The summed E-state index contributed by atoms with van der Waals surface area (Å²) in [6.07, 6.45) is -0.452. The molecule has 0 spiro atoms. The second-order valence-corrected chi connectivity index (χ2v) is 4.19. The van der Waals surface area contributed by atoms with Gasteiger partial charge in [-0.1, -0.05) is 19.9 Å². The van der Waals surface area contributed by atoms with Gasteiger partial charge in [-0.15, -0.1) is 0 Å². The highest BCUT2D eigenvalue weighted by molar-refractivity contribution is 5.66. The van der Waals surface area contributed by atoms with Gasteiger partial charge in [0, 0.05) is 6.54 Å². The molecular formula is C13H18N2O2. The van der Waals surface area contributed by atoms with Crippen LogP contribution in [0.1, 0.15) is 19.4 Å². The van der Waals surface area contributed by atoms with Gasteiger partial charge in [0.15, 0.2) is 0 Å². The second kappa shape index (κ2) is 6.12. The van der Waals surface area contributed by atoms with E-state index in [1.807, 2.05) is 13.8 Å². The van der Waals surface area contributed by atoms with Gasteiger partial charge in [-0.05, 0) is 18.1 Å². The van der Waals surface area contributed by atoms with Crippen molar-refractivity contribution in [3.8, 4) is 11.8 Å². The number of rotatable bonds is 5. The van der Waals surface area contributed by atoms with E-state index in [-0.39, 0.29) is 5.92 Å². The first-order valence-electron chi connectivity index (χ1n) is 5.59. The maximum absolute atomic E-state index is 9.73. The number of nitrogens with zero attached hydrogens (tertiary/aromatic N) is 1. The molecular weight excluding hydrogens is 216 g/mol. The van der Waals surface area contributed by atoms with Crippen molar-refractivity contribution in [1.29, 1.82) is 5.26 Å². The monoisotopic (exact) mass is 234 g/mol. The third-order valence-electron chi connectivity index (χ3n) is 2.62. The zero-order valence-electron chi connectivity index (χ0n) is 10.4. The molecule has 0 fully saturated rings. The molecule has 0 aliphatic rings. The summed E-state index contributed by atoms with van der Waals surface area (Å²) < 4.78 is 5.19. The van der Waals surface area contributed by atoms with Crippen LogP contribution in [0.15, 0.2) is 18.2 Å². The Morgan fingerprint density at radius 3 is 2.71 bits per heavy atom. The molecule has 0 saturated heterocycles. The second-order valence-electron chi connectivity index (χ2n) is 4.19. The van der Waals surface area contributed by atoms with Gasteiger partial charge in [-0.3, -0.25) is 0 Å². The predicted octanol–water partition coefficient (Wildman–Crippen LogP) is 2.00. The summed E-state index contributed by atoms with van der Waals surface area (Å²) in [6, 6.07) is 7.36. The molecule has 2 N–H and O–H groups in total. The van der Waals surface area contributed by atoms with Crippen LogP contribution in [0.4, 0.5) is 5.69 Å². The Morgan fingerprint density at radius 2 is 2.18 bits per heavy atom. The Hall–Kier alpha value is -1.73. The van der Waals surface area contributed by atoms with Crippen molar-refractivity contribution in [3.05, 3.63) is 23.8 Å². The van der Waals surface area contributed by atoms with Crippen LogP contribution in [0.3, 0.4) is 0 Å². The summed E-state index contributed by atoms with van der Waals surface area (Å²) in [5, 5.41) is 21.8. The number of anilines is 1. The lowest BCUT2D eigenvalue weighted by molar-refractivity contribution is 0.138. The van der Waals surface area contributed by atoms with Gasteiger partial charge in [0.2, 0.25) is 0 Å². The van der Waals surface area contributed by atoms with E-state index in [1.54, 1.807) is 25.3 Å². The Kier molecular flexibility index (Phi) is 4.80. The largest absolute Gasteiger partial charge is 0.495 e. The number of nitriles is 1. The van der Waals surface area contributed by atoms with Crippen molar-refractivity contribution in [3.63, 3.8) is 0 Å². The third kappa shape index (κ3) is 3.36. The molecule has 0 heterocycles. The highest BCUT2D eigenvalue weighted by atomic mass is 16.5. The van der Waals surface area contributed by atoms with E-state index in [2.05, 4.69) is 11.4 Å². The standard InChI is InChI=1S/C13H18N2O2/c1-9(2)11(16)8-15-13-10(7-14)5-4-6-12(13)17-3/h4-6,9,11,15-16H,8H2,1-3H3. The van der Waals surface area contributed by atoms with Crippen LogP contribution in [0.2, 0.25) is 0 Å². The lowest BCUT2D eigenvalue weighted by Crippen LogP contribution is -2.25. The molecule has 92 valence electrons. The average Bonchev–Trinajstić information content (AvgIpc) is 2.34. The number of hydrogen-bond acceptors (Lipinski definition) is 4. The van der Waals surface area contributed by atoms with E-state index in [0.717, 1.165) is 0 Å². The Balaban J connectivity index is 2.86. The SMILES string of the molecule is COc1cccc(C#N)c1NCC(O)C(C)C. The maximum Gasteiger partial charge on any atom is 0.143 e. The topological polar surface area (TPSA) is 65.3 Å². The Bertz CT molecular complexity index is 410. The van der Waals surface area contributed by atoms with Crippen molar-refractivity contribution >= 4 is 5.69 Å². The lowest BCUT2D eigenvalue weighted by Gasteiger charge is -2.18. The van der Waals surface area contributed by atoms with Crippen LogP contribution in [-0.4, -0.2) is 24.9 Å². The first kappa shape index (κ1) is 13.3. The fraction of sp³-hybridized carbons (Fsp3) is 0.462. The molecule has 1 aromatic rings. The van der Waals surface area contributed by atoms with E-state index in [4.69, 9.17) is 10.00 Å². The first-order chi connectivity index (χ1) is 8.10. The third-order valence-corrected chi connectivity index (χ3v) is 2.62. The maximum atomic E-state index is 9.73. The minimum absolute atomic E-state index is 0.169. The molecule has 0 aromatic heterocycles. The van der Waals surface area contributed by atoms with E-state index >= 15 is 0 Å². The fourth-order valence-corrected chi connectivity index (χ4v) is 1.42. The molecule has 0 saturated carbocycles. The van der Waals surface area contributed by atoms with Crippen LogP contribution in [0.25, 0.3) is 0 Å². The van der Waals surface area contributed by atoms with E-state index < -0.39 is 6.10 Å². The summed E-state index contributed by atoms with van der Waals surface area (Å²) in [4.78, 5) is 0. The predicted molar refractivity (Wildman–Crippen MR) is 67.0 cm³/mol. The van der Waals surface area contributed by atoms with Crippen LogP contribution < -0.4 is 10.1 Å². The number of hydrogen-bond donors (Lipinski definition) is 2. The first-order valence-corrected chi connectivity index (χ1v) is 5.59. The molecule has 0 bridgehead atoms. The molecule has 0 amide bonds. The van der Waals surface area contributed by atoms with Crippen LogP contribution in [-0.2, 0) is 0 Å². The minimum atomic E-state index is -0.452. The molecule has 17 heavy (non-hydrogen) atoms. The molecule has 1 rings (SSSR count). The summed E-state index contributed by atoms with van der Waals surface area (Å²) in [7, 11) is 1.56. The smallest absolute Gasteiger partial charge is 0.143 e. The number of nitrogens with one attached hydrogen (secondary N) is 1. The average molecular weight is 234 g/mol. The van der Waals surface area contributed by atoms with Gasteiger partial charge in [0.25, 0.3) is 0 Å². The van der Waals surface area contributed by atoms with Crippen molar-refractivity contribution in [2.24, 2.45) is 5.92 Å². The summed E-state index contributed by atoms with van der Waals surface area (Å²) in [5.74, 6) is 0.780. The molecule has 0 radical (unpaired) electrons. The quantitative estimate of drug-likeness (QED) is 0.817. The van der Waals surface area contributed by atoms with Gasteiger partial charge in [-0.25, -0.2) is 0 Å². The number of aliphatic hydroxyl groups excluding tert-OH is 1. The molecule has 4 heteroatoms. The van der Waals surface area contributed by atoms with Crippen LogP contribution in [0, 0.1) is 17.2 Å². The van der Waals surface area contributed by atoms with Gasteiger partial charge in [-0.2, -0.15) is 5.26 Å². The lowest BCUT2D eigenvalue weighted by atomic mass is 10.1. The zero-order chi connectivity index (χ0) is 12.8. The van der Waals surface area contributed by atoms with Crippen LogP contribution >= 0.6 is 0 Å². The van der Waals surface area contributed by atoms with E-state index in [0.29, 0.717) is 23.5 Å². The Labute approximate surface area is 102 Å². The molecule has 1 unspecified atom stereocenters. The molecule has 4 nitrogen and oxygen atoms in total. The Morgan fingerprint density at radius 1 is 1.47 bits per heavy atom. The normalized spacial score (nSPS) is 12.0. The fourth-order valence-electron chi connectivity index (χ4n) is 1.42. The van der Waals surface area contributed by atoms with Crippen molar-refractivity contribution in [2.75, 3.05) is 19.0 Å². The summed E-state index contributed by atoms with van der Waals surface area (Å²) >= 11 is 0. The highest BCUT2D eigenvalue weighted by Gasteiger charge is 2.12. The molecule has 0 aliphatic heterocycles. The van der Waals surface area contributed by atoms with Crippen LogP contribution in [0.5, 0.6) is 5.75 Å². The summed E-state index contributed by atoms with van der Waals surface area (Å²) in [5.41, 5.74) is 1.15. The molecule has 0 aliphatic carbocycles. The number of para-hydroxylation sites is 1. The zero-order valence-corrected chi connectivity index (χ0v) is 10.4. The summed E-state index contributed by atoms with van der Waals surface area (Å²) in [6.45, 7) is 4.28. The number of methoxy groups -OCH3 is 1. The van der Waals surface area contributed by atoms with Crippen molar-refractivity contribution in [1.82, 2.24) is 0 Å². The van der Waals surface area contributed by atoms with Crippen molar-refractivity contribution < 1.29 is 9.84 Å². The van der Waals surface area contributed by atoms with Gasteiger partial charge < -0.3 is 15.2 Å². The van der Waals surface area contributed by atoms with Gasteiger partial charge in [0.1, 0.15) is 11.8 Å². The van der Waals surface area contributed by atoms with Gasteiger partial charge >= 0.3 is 0 Å². The van der Waals surface area contributed by atoms with Gasteiger partial charge in [0.05, 0.1) is 24.5 Å². The molecule has 1 aromatic carbocycles. The molecule has 1 atom stereocenters. The number of benzene rings is 1. The van der Waals surface area contributed by atoms with Crippen molar-refractivity contribution in [2.45, 2.75) is 20.0 Å². The van der Waals surface area contributed by atoms with E-state index in [1.165, 1.54) is 0 Å². The number of ether oxygens (including phenoxy) is 1. The number of aliphatic hydroxyl groups is 1.